The average molecular weight is 658 g/mol. The van der Waals surface area contributed by atoms with Crippen LogP contribution >= 0.6 is 0 Å². The minimum absolute atomic E-state index is 0.136. The molecule has 4 fully saturated rings. The van der Waals surface area contributed by atoms with Gasteiger partial charge in [-0.25, -0.2) is 4.72 Å². The summed E-state index contributed by atoms with van der Waals surface area (Å²) in [5, 5.41) is 1.13. The van der Waals surface area contributed by atoms with Gasteiger partial charge in [-0.2, -0.15) is 12.7 Å². The highest BCUT2D eigenvalue weighted by Gasteiger charge is 2.65. The quantitative estimate of drug-likeness (QED) is 0.479. The summed E-state index contributed by atoms with van der Waals surface area (Å²) in [5.74, 6) is 0.386. The molecule has 10 heteroatoms. The normalized spacial score (nSPS) is 28.1. The average Bonchev–Trinajstić information content (AvgIpc) is 3.33. The second kappa shape index (κ2) is 11.7. The number of likely N-dealkylation sites (tertiary alicyclic amines) is 2. The zero-order valence-electron chi connectivity index (χ0n) is 27.7. The van der Waals surface area contributed by atoms with Crippen molar-refractivity contribution in [3.63, 3.8) is 0 Å². The van der Waals surface area contributed by atoms with E-state index in [0.29, 0.717) is 24.1 Å². The molecule has 2 saturated carbocycles. The molecule has 47 heavy (non-hydrogen) atoms. The second-order valence-corrected chi connectivity index (χ2v) is 16.7. The topological polar surface area (TPSA) is 95.0 Å². The lowest BCUT2D eigenvalue weighted by atomic mass is 9.79. The van der Waals surface area contributed by atoms with Gasteiger partial charge in [-0.1, -0.05) is 55.7 Å². The maximum Gasteiger partial charge on any atom is 0.303 e. The molecule has 3 aliphatic heterocycles. The lowest BCUT2D eigenvalue weighted by molar-refractivity contribution is -0.128. The summed E-state index contributed by atoms with van der Waals surface area (Å²) in [6, 6.07) is 6.22. The van der Waals surface area contributed by atoms with Crippen LogP contribution in [0.1, 0.15) is 85.3 Å². The number of rotatable bonds is 6. The number of hydrogen-bond donors (Lipinski definition) is 1. The summed E-state index contributed by atoms with van der Waals surface area (Å²) in [4.78, 5) is 32.4. The number of nitrogens with one attached hydrogen (secondary N) is 1. The molecular weight excluding hydrogens is 611 g/mol. The zero-order chi connectivity index (χ0) is 32.5. The fourth-order valence-electron chi connectivity index (χ4n) is 9.54. The predicted molar refractivity (Wildman–Crippen MR) is 183 cm³/mol. The van der Waals surface area contributed by atoms with Crippen molar-refractivity contribution >= 4 is 32.9 Å². The van der Waals surface area contributed by atoms with Crippen LogP contribution in [-0.2, 0) is 27.0 Å². The van der Waals surface area contributed by atoms with Gasteiger partial charge in [0.15, 0.2) is 0 Å². The van der Waals surface area contributed by atoms with Crippen LogP contribution in [-0.4, -0.2) is 85.2 Å². The van der Waals surface area contributed by atoms with E-state index in [0.717, 1.165) is 59.6 Å². The van der Waals surface area contributed by atoms with Crippen LogP contribution in [0.3, 0.4) is 0 Å². The van der Waals surface area contributed by atoms with E-state index in [1.54, 1.807) is 6.07 Å². The minimum atomic E-state index is -3.95. The number of aromatic nitrogens is 1. The van der Waals surface area contributed by atoms with Crippen LogP contribution in [0.4, 0.5) is 0 Å². The summed E-state index contributed by atoms with van der Waals surface area (Å²) in [6.07, 6.45) is 21.8. The number of nitrogens with zero attached hydrogens (tertiary/aromatic N) is 4. The second-order valence-electron chi connectivity index (χ2n) is 14.8. The van der Waals surface area contributed by atoms with Crippen LogP contribution in [0, 0.1) is 11.8 Å². The first-order valence-corrected chi connectivity index (χ1v) is 19.1. The van der Waals surface area contributed by atoms with E-state index in [4.69, 9.17) is 0 Å². The molecular formula is C37H47N5O4S. The Hall–Kier alpha value is -3.21. The van der Waals surface area contributed by atoms with Crippen LogP contribution in [0.5, 0.6) is 0 Å². The minimum Gasteiger partial charge on any atom is -0.339 e. The highest BCUT2D eigenvalue weighted by atomic mass is 32.2. The summed E-state index contributed by atoms with van der Waals surface area (Å²) in [6.45, 7) is 4.39. The fourth-order valence-corrected chi connectivity index (χ4v) is 10.1. The number of carbonyl (C=O) groups is 2. The molecule has 3 aliphatic carbocycles. The van der Waals surface area contributed by atoms with Crippen molar-refractivity contribution in [1.82, 2.24) is 23.4 Å². The Labute approximate surface area is 278 Å². The number of fused-ring (bicyclic) bond motifs is 4. The lowest BCUT2D eigenvalue weighted by Gasteiger charge is -2.37. The van der Waals surface area contributed by atoms with E-state index in [2.05, 4.69) is 49.5 Å². The van der Waals surface area contributed by atoms with Gasteiger partial charge >= 0.3 is 10.2 Å². The number of carbonyl (C=O) groups excluding carboxylic acids is 2. The monoisotopic (exact) mass is 657 g/mol. The van der Waals surface area contributed by atoms with Gasteiger partial charge in [0.05, 0.1) is 6.54 Å². The van der Waals surface area contributed by atoms with Crippen molar-refractivity contribution in [2.75, 3.05) is 40.3 Å². The molecule has 6 aliphatic rings. The third-order valence-corrected chi connectivity index (χ3v) is 13.5. The van der Waals surface area contributed by atoms with Crippen LogP contribution < -0.4 is 4.72 Å². The van der Waals surface area contributed by atoms with Gasteiger partial charge in [-0.05, 0) is 81.1 Å². The zero-order valence-corrected chi connectivity index (χ0v) is 28.5. The van der Waals surface area contributed by atoms with Crippen molar-refractivity contribution in [2.24, 2.45) is 11.8 Å². The van der Waals surface area contributed by atoms with Crippen molar-refractivity contribution in [3.05, 3.63) is 71.0 Å². The number of hydrogen-bond acceptors (Lipinski definition) is 5. The molecule has 0 radical (unpaired) electrons. The van der Waals surface area contributed by atoms with Gasteiger partial charge in [0.2, 0.25) is 0 Å². The van der Waals surface area contributed by atoms with E-state index in [-0.39, 0.29) is 23.2 Å². The highest BCUT2D eigenvalue weighted by Crippen LogP contribution is 2.67. The van der Waals surface area contributed by atoms with Crippen LogP contribution in [0.15, 0.2) is 54.2 Å². The van der Waals surface area contributed by atoms with Crippen molar-refractivity contribution in [3.8, 4) is 0 Å². The first kappa shape index (κ1) is 31.1. The Morgan fingerprint density at radius 1 is 0.915 bits per heavy atom. The van der Waals surface area contributed by atoms with Crippen LogP contribution in [0.25, 0.3) is 10.9 Å². The third-order valence-electron chi connectivity index (χ3n) is 12.1. The molecule has 1 spiro atoms. The molecule has 250 valence electrons. The van der Waals surface area contributed by atoms with Gasteiger partial charge in [-0.15, -0.1) is 0 Å². The Morgan fingerprint density at radius 3 is 2.38 bits per heavy atom. The van der Waals surface area contributed by atoms with Crippen molar-refractivity contribution in [1.29, 1.82) is 0 Å². The number of piperidine rings is 1. The maximum absolute atomic E-state index is 14.4. The first-order valence-electron chi connectivity index (χ1n) is 17.7. The van der Waals surface area contributed by atoms with E-state index in [1.165, 1.54) is 70.5 Å². The Morgan fingerprint density at radius 2 is 1.66 bits per heavy atom. The molecule has 4 heterocycles. The smallest absolute Gasteiger partial charge is 0.303 e. The van der Waals surface area contributed by atoms with Crippen molar-refractivity contribution in [2.45, 2.75) is 81.7 Å². The van der Waals surface area contributed by atoms with Crippen molar-refractivity contribution < 1.29 is 18.0 Å². The maximum atomic E-state index is 14.4. The number of amides is 2. The number of benzene rings is 1. The molecule has 3 atom stereocenters. The van der Waals surface area contributed by atoms with E-state index in [1.807, 2.05) is 12.1 Å². The lowest BCUT2D eigenvalue weighted by Crippen LogP contribution is -2.46. The molecule has 1 N–H and O–H groups in total. The molecule has 1 aromatic carbocycles. The molecule has 3 unspecified atom stereocenters. The molecule has 2 saturated heterocycles. The summed E-state index contributed by atoms with van der Waals surface area (Å²) < 4.78 is 30.7. The largest absolute Gasteiger partial charge is 0.339 e. The molecule has 9 nitrogen and oxygen atoms in total. The molecule has 2 amide bonds. The standard InChI is InChI=1S/C37H47N5O4S/c1-39(2)47(45,46)38-35(43)26-13-14-29-32(23-26)42-24-27(36(44)41-20-15-28(16-21-41)40-18-8-9-19-40)22-31-30-12-6-7-17-37(30,31)34(42)33(29)25-10-4-3-5-11-25/h6-7,12-14,17,22-23,25,28,30-31H,3-5,8-11,15-16,18-21,24H2,1-2H3,(H,38,43). The molecule has 2 aromatic rings. The Kier molecular flexibility index (Phi) is 7.76. The highest BCUT2D eigenvalue weighted by molar-refractivity contribution is 7.87. The summed E-state index contributed by atoms with van der Waals surface area (Å²) in [7, 11) is -1.15. The number of allylic oxidation sites excluding steroid dienone is 5. The Balaban J connectivity index is 1.21. The molecule has 1 aromatic heterocycles. The molecule has 0 bridgehead atoms. The van der Waals surface area contributed by atoms with Gasteiger partial charge in [0.25, 0.3) is 11.8 Å². The van der Waals surface area contributed by atoms with Gasteiger partial charge in [0.1, 0.15) is 0 Å². The predicted octanol–water partition coefficient (Wildman–Crippen LogP) is 4.86. The SMILES string of the molecule is CN(C)S(=O)(=O)NC(=O)c1ccc2c(C3CCCCC3)c3n(c2c1)CC(C(=O)N1CCC(N2CCCC2)CC1)=CC1C2C=CC=CC321. The van der Waals surface area contributed by atoms with E-state index < -0.39 is 16.1 Å². The van der Waals surface area contributed by atoms with Gasteiger partial charge < -0.3 is 14.4 Å². The first-order chi connectivity index (χ1) is 22.7. The van der Waals surface area contributed by atoms with E-state index >= 15 is 0 Å². The molecule has 8 rings (SSSR count). The van der Waals surface area contributed by atoms with Crippen LogP contribution in [0.2, 0.25) is 0 Å². The van der Waals surface area contributed by atoms with Gasteiger partial charge in [-0.3, -0.25) is 9.59 Å². The summed E-state index contributed by atoms with van der Waals surface area (Å²) >= 11 is 0. The third kappa shape index (κ3) is 5.13. The Bertz CT molecular complexity index is 1800. The van der Waals surface area contributed by atoms with Gasteiger partial charge in [0, 0.05) is 72.3 Å². The fraction of sp³-hybridized carbons (Fsp3) is 0.568. The van der Waals surface area contributed by atoms with E-state index in [9.17, 15) is 18.0 Å². The summed E-state index contributed by atoms with van der Waals surface area (Å²) in [5.41, 5.74) is 4.48.